The lowest BCUT2D eigenvalue weighted by molar-refractivity contribution is -0.153. The third-order valence-corrected chi connectivity index (χ3v) is 11.4. The number of allylic oxidation sites excluding steroid dienone is 2. The van der Waals surface area contributed by atoms with Gasteiger partial charge in [0, 0.05) is 35.2 Å². The molecule has 2 bridgehead atoms. The average molecular weight is 465 g/mol. The van der Waals surface area contributed by atoms with Crippen molar-refractivity contribution >= 4 is 23.5 Å². The van der Waals surface area contributed by atoms with E-state index in [1.54, 1.807) is 6.08 Å². The van der Waals surface area contributed by atoms with Crippen molar-refractivity contribution in [2.45, 2.75) is 64.6 Å². The first kappa shape index (κ1) is 21.1. The zero-order chi connectivity index (χ0) is 23.7. The fourth-order valence-electron chi connectivity index (χ4n) is 10.1. The van der Waals surface area contributed by atoms with Gasteiger partial charge in [-0.1, -0.05) is 26.5 Å². The van der Waals surface area contributed by atoms with Crippen molar-refractivity contribution in [1.29, 1.82) is 0 Å². The van der Waals surface area contributed by atoms with E-state index in [4.69, 9.17) is 9.47 Å². The molecular formula is C28H32O6. The van der Waals surface area contributed by atoms with Gasteiger partial charge in [-0.2, -0.15) is 0 Å². The average Bonchev–Trinajstić information content (AvgIpc) is 3.46. The number of carbonyl (C=O) groups is 4. The fraction of sp³-hybridized carbons (Fsp3) is 0.714. The standard InChI is InChI=1S/C28H32O6/c1-12-6-22-18(8-16-15(12)4-5-20(16)29)28(26(32)34-22)11-27-10-17-14(3)25(31)33-21(17)7-13(2)24(27)19(28)9-23(27)30/h4-5,12-13,15-19,21-22,24H,3,6-11H2,1-2H3/t12-,13+,15-,16+,17+,18+,19?,21?,22?,24+,27+,28-/m0/s1. The first-order valence-corrected chi connectivity index (χ1v) is 13.0. The fourth-order valence-corrected chi connectivity index (χ4v) is 10.1. The van der Waals surface area contributed by atoms with Crippen molar-refractivity contribution in [2.24, 2.45) is 58.2 Å². The molecule has 4 saturated carbocycles. The quantitative estimate of drug-likeness (QED) is 0.403. The molecule has 1 spiro atoms. The number of hydrogen-bond acceptors (Lipinski definition) is 6. The highest BCUT2D eigenvalue weighted by molar-refractivity contribution is 5.96. The predicted octanol–water partition coefficient (Wildman–Crippen LogP) is 3.44. The van der Waals surface area contributed by atoms with Crippen molar-refractivity contribution in [1.82, 2.24) is 0 Å². The van der Waals surface area contributed by atoms with Gasteiger partial charge < -0.3 is 9.47 Å². The van der Waals surface area contributed by atoms with Crippen LogP contribution < -0.4 is 0 Å². The molecule has 6 fully saturated rings. The van der Waals surface area contributed by atoms with E-state index in [1.165, 1.54) is 0 Å². The molecule has 0 aromatic heterocycles. The van der Waals surface area contributed by atoms with Crippen LogP contribution in [-0.2, 0) is 28.7 Å². The van der Waals surface area contributed by atoms with Crippen LogP contribution in [0, 0.1) is 58.2 Å². The number of fused-ring (bicyclic) bond motifs is 5. The minimum atomic E-state index is -0.702. The molecule has 2 heterocycles. The maximum atomic E-state index is 13.8. The molecular weight excluding hydrogens is 432 g/mol. The molecule has 0 aromatic carbocycles. The lowest BCUT2D eigenvalue weighted by atomic mass is 9.59. The molecule has 3 unspecified atom stereocenters. The van der Waals surface area contributed by atoms with Gasteiger partial charge >= 0.3 is 11.9 Å². The van der Waals surface area contributed by atoms with Gasteiger partial charge in [-0.05, 0) is 67.8 Å². The summed E-state index contributed by atoms with van der Waals surface area (Å²) in [5.74, 6) is 0.312. The summed E-state index contributed by atoms with van der Waals surface area (Å²) in [5, 5.41) is 0. The Balaban J connectivity index is 1.32. The Morgan fingerprint density at radius 3 is 2.50 bits per heavy atom. The topological polar surface area (TPSA) is 86.7 Å². The molecule has 12 atom stereocenters. The number of esters is 2. The van der Waals surface area contributed by atoms with E-state index in [-0.39, 0.29) is 83.1 Å². The van der Waals surface area contributed by atoms with Crippen molar-refractivity contribution in [3.8, 4) is 0 Å². The van der Waals surface area contributed by atoms with E-state index in [0.29, 0.717) is 37.7 Å². The van der Waals surface area contributed by atoms with E-state index < -0.39 is 10.8 Å². The van der Waals surface area contributed by atoms with Gasteiger partial charge in [0.15, 0.2) is 5.78 Å². The Labute approximate surface area is 199 Å². The second-order valence-corrected chi connectivity index (χ2v) is 12.6. The summed E-state index contributed by atoms with van der Waals surface area (Å²) in [6.07, 6.45) is 6.98. The number of Topliss-reactive ketones (excluding diaryl/α,β-unsaturated/α-hetero) is 1. The summed E-state index contributed by atoms with van der Waals surface area (Å²) >= 11 is 0. The zero-order valence-electron chi connectivity index (χ0n) is 19.8. The first-order valence-electron chi connectivity index (χ1n) is 13.0. The molecule has 6 nitrogen and oxygen atoms in total. The minimum absolute atomic E-state index is 0.0316. The Hall–Kier alpha value is -2.24. The number of rotatable bonds is 0. The first-order chi connectivity index (χ1) is 16.2. The van der Waals surface area contributed by atoms with Gasteiger partial charge in [0.05, 0.1) is 5.41 Å². The molecule has 6 heteroatoms. The summed E-state index contributed by atoms with van der Waals surface area (Å²) in [6, 6.07) is 0. The van der Waals surface area contributed by atoms with Gasteiger partial charge in [-0.15, -0.1) is 0 Å². The zero-order valence-corrected chi connectivity index (χ0v) is 19.8. The summed E-state index contributed by atoms with van der Waals surface area (Å²) < 4.78 is 11.8. The van der Waals surface area contributed by atoms with Crippen LogP contribution in [-0.4, -0.2) is 35.7 Å². The van der Waals surface area contributed by atoms with E-state index in [0.717, 1.165) is 6.42 Å². The van der Waals surface area contributed by atoms with Gasteiger partial charge in [-0.25, -0.2) is 4.79 Å². The SMILES string of the molecule is C=C1C(=O)OC2C[C@@H](C)[C@@H]3C4CC(=O)[C@@]3(C[C@H]12)C[C@@]41C(=O)OC2C[C@H](C)[C@@H]3C=CC(=O)[C@@H]3C[C@H]21. The molecule has 7 rings (SSSR count). The van der Waals surface area contributed by atoms with Crippen molar-refractivity contribution < 1.29 is 28.7 Å². The van der Waals surface area contributed by atoms with Crippen LogP contribution in [0.3, 0.4) is 0 Å². The molecule has 0 N–H and O–H groups in total. The highest BCUT2D eigenvalue weighted by atomic mass is 16.6. The lowest BCUT2D eigenvalue weighted by Gasteiger charge is -2.39. The number of hydrogen-bond donors (Lipinski definition) is 0. The van der Waals surface area contributed by atoms with E-state index in [9.17, 15) is 19.2 Å². The maximum Gasteiger partial charge on any atom is 0.334 e. The maximum absolute atomic E-state index is 13.8. The van der Waals surface area contributed by atoms with Gasteiger partial charge in [-0.3, -0.25) is 14.4 Å². The summed E-state index contributed by atoms with van der Waals surface area (Å²) in [7, 11) is 0. The Bertz CT molecular complexity index is 1090. The Kier molecular flexibility index (Phi) is 4.03. The number of ether oxygens (including phenoxy) is 2. The van der Waals surface area contributed by atoms with Crippen LogP contribution in [0.1, 0.15) is 52.4 Å². The molecule has 5 aliphatic carbocycles. The monoisotopic (exact) mass is 464 g/mol. The lowest BCUT2D eigenvalue weighted by Crippen LogP contribution is -2.45. The molecule has 0 amide bonds. The highest BCUT2D eigenvalue weighted by Crippen LogP contribution is 2.75. The van der Waals surface area contributed by atoms with E-state index in [2.05, 4.69) is 26.5 Å². The molecule has 7 aliphatic rings. The third-order valence-electron chi connectivity index (χ3n) is 11.4. The normalized spacial score (nSPS) is 54.9. The molecule has 0 aromatic rings. The van der Waals surface area contributed by atoms with Crippen LogP contribution in [0.5, 0.6) is 0 Å². The van der Waals surface area contributed by atoms with E-state index in [1.807, 2.05) is 0 Å². The number of carbonyl (C=O) groups excluding carboxylic acids is 4. The highest BCUT2D eigenvalue weighted by Gasteiger charge is 2.78. The summed E-state index contributed by atoms with van der Waals surface area (Å²) in [4.78, 5) is 52.6. The van der Waals surface area contributed by atoms with Crippen LogP contribution >= 0.6 is 0 Å². The summed E-state index contributed by atoms with van der Waals surface area (Å²) in [6.45, 7) is 8.35. The molecule has 0 radical (unpaired) electrons. The molecule has 2 saturated heterocycles. The second-order valence-electron chi connectivity index (χ2n) is 12.6. The van der Waals surface area contributed by atoms with Crippen molar-refractivity contribution in [3.05, 3.63) is 24.3 Å². The van der Waals surface area contributed by atoms with Crippen molar-refractivity contribution in [3.63, 3.8) is 0 Å². The molecule has 34 heavy (non-hydrogen) atoms. The van der Waals surface area contributed by atoms with Gasteiger partial charge in [0.2, 0.25) is 0 Å². The van der Waals surface area contributed by atoms with Crippen LogP contribution in [0.25, 0.3) is 0 Å². The van der Waals surface area contributed by atoms with Gasteiger partial charge in [0.25, 0.3) is 0 Å². The smallest absolute Gasteiger partial charge is 0.334 e. The van der Waals surface area contributed by atoms with Crippen molar-refractivity contribution in [2.75, 3.05) is 0 Å². The Morgan fingerprint density at radius 2 is 1.71 bits per heavy atom. The predicted molar refractivity (Wildman–Crippen MR) is 120 cm³/mol. The van der Waals surface area contributed by atoms with Crippen LogP contribution in [0.2, 0.25) is 0 Å². The van der Waals surface area contributed by atoms with E-state index >= 15 is 0 Å². The largest absolute Gasteiger partial charge is 0.462 e. The third kappa shape index (κ3) is 2.29. The second kappa shape index (κ2) is 6.50. The minimum Gasteiger partial charge on any atom is -0.462 e. The van der Waals surface area contributed by atoms with Crippen LogP contribution in [0.15, 0.2) is 24.3 Å². The Morgan fingerprint density at radius 1 is 0.941 bits per heavy atom. The molecule has 2 aliphatic heterocycles. The molecule has 180 valence electrons. The van der Waals surface area contributed by atoms with Gasteiger partial charge in [0.1, 0.15) is 18.0 Å². The number of ketones is 2. The summed E-state index contributed by atoms with van der Waals surface area (Å²) in [5.41, 5.74) is -0.860. The van der Waals surface area contributed by atoms with Crippen LogP contribution in [0.4, 0.5) is 0 Å².